The molecule has 0 aromatic heterocycles. The fourth-order valence-electron chi connectivity index (χ4n) is 4.01. The fourth-order valence-corrected chi connectivity index (χ4v) is 4.53. The van der Waals surface area contributed by atoms with Crippen LogP contribution in [-0.2, 0) is 17.4 Å². The van der Waals surface area contributed by atoms with Gasteiger partial charge in [-0.25, -0.2) is 0 Å². The van der Waals surface area contributed by atoms with Crippen LogP contribution in [0.3, 0.4) is 0 Å². The van der Waals surface area contributed by atoms with Crippen molar-refractivity contribution in [2.45, 2.75) is 38.1 Å². The van der Waals surface area contributed by atoms with Crippen LogP contribution in [0.15, 0.2) is 36.4 Å². The normalized spacial score (nSPS) is 19.7. The zero-order valence-electron chi connectivity index (χ0n) is 17.1. The fraction of sp³-hybridized carbons (Fsp3) is 0.318. The number of nitriles is 1. The van der Waals surface area contributed by atoms with E-state index in [1.54, 1.807) is 36.9 Å². The molecule has 2 heterocycles. The first-order valence-corrected chi connectivity index (χ1v) is 10.1. The summed E-state index contributed by atoms with van der Waals surface area (Å²) in [6, 6.07) is 9.84. The lowest BCUT2D eigenvalue weighted by Gasteiger charge is -2.29. The first kappa shape index (κ1) is 22.0. The number of carbonyl (C=O) groups excluding carboxylic acids is 1. The van der Waals surface area contributed by atoms with Gasteiger partial charge in [0.05, 0.1) is 29.5 Å². The molecular formula is C22H18F3N3O3S. The molecule has 6 nitrogen and oxygen atoms in total. The third-order valence-corrected chi connectivity index (χ3v) is 5.97. The van der Waals surface area contributed by atoms with Crippen molar-refractivity contribution < 1.29 is 27.8 Å². The van der Waals surface area contributed by atoms with Gasteiger partial charge < -0.3 is 14.7 Å². The van der Waals surface area contributed by atoms with Gasteiger partial charge >= 0.3 is 6.18 Å². The maximum Gasteiger partial charge on any atom is 0.417 e. The average Bonchev–Trinajstić information content (AvgIpc) is 3.22. The second-order valence-corrected chi connectivity index (χ2v) is 8.44. The minimum Gasteiger partial charge on any atom is -0.487 e. The number of benzene rings is 2. The van der Waals surface area contributed by atoms with Crippen LogP contribution in [0.1, 0.15) is 30.5 Å². The van der Waals surface area contributed by atoms with E-state index >= 15 is 0 Å². The number of alkyl halides is 3. The van der Waals surface area contributed by atoms with Gasteiger partial charge in [0.1, 0.15) is 17.4 Å². The van der Waals surface area contributed by atoms with E-state index < -0.39 is 28.7 Å². The Morgan fingerprint density at radius 2 is 1.94 bits per heavy atom. The molecule has 1 saturated heterocycles. The van der Waals surface area contributed by atoms with Gasteiger partial charge in [0, 0.05) is 12.1 Å². The predicted octanol–water partition coefficient (Wildman–Crippen LogP) is 3.79. The Kier molecular flexibility index (Phi) is 5.14. The number of amides is 1. The molecule has 2 aromatic rings. The lowest BCUT2D eigenvalue weighted by molar-refractivity contribution is -0.137. The lowest BCUT2D eigenvalue weighted by Crippen LogP contribution is -2.44. The van der Waals surface area contributed by atoms with E-state index in [2.05, 4.69) is 0 Å². The zero-order valence-corrected chi connectivity index (χ0v) is 17.9. The van der Waals surface area contributed by atoms with Crippen LogP contribution in [-0.4, -0.2) is 34.4 Å². The molecule has 0 aliphatic carbocycles. The molecule has 10 heteroatoms. The summed E-state index contributed by atoms with van der Waals surface area (Å²) in [5.74, 6) is 0.131. The number of nitrogens with zero attached hydrogens (tertiary/aromatic N) is 3. The smallest absolute Gasteiger partial charge is 0.417 e. The Labute approximate surface area is 187 Å². The van der Waals surface area contributed by atoms with Gasteiger partial charge in [0.2, 0.25) is 0 Å². The van der Waals surface area contributed by atoms with E-state index in [1.165, 1.54) is 12.1 Å². The van der Waals surface area contributed by atoms with Crippen molar-refractivity contribution in [3.05, 3.63) is 53.1 Å². The summed E-state index contributed by atoms with van der Waals surface area (Å²) >= 11 is 5.54. The van der Waals surface area contributed by atoms with E-state index in [-0.39, 0.29) is 23.5 Å². The van der Waals surface area contributed by atoms with E-state index in [4.69, 9.17) is 22.2 Å². The van der Waals surface area contributed by atoms with Crippen molar-refractivity contribution in [1.29, 1.82) is 5.26 Å². The number of thiocarbonyl (C=S) groups is 1. The summed E-state index contributed by atoms with van der Waals surface area (Å²) in [6.07, 6.45) is -4.62. The molecule has 2 aliphatic rings. The highest BCUT2D eigenvalue weighted by atomic mass is 32.1. The van der Waals surface area contributed by atoms with Crippen molar-refractivity contribution in [1.82, 2.24) is 0 Å². The predicted molar refractivity (Wildman–Crippen MR) is 114 cm³/mol. The van der Waals surface area contributed by atoms with E-state index in [0.717, 1.165) is 22.6 Å². The number of carbonyl (C=O) groups is 1. The van der Waals surface area contributed by atoms with Crippen molar-refractivity contribution in [3.63, 3.8) is 0 Å². The first-order chi connectivity index (χ1) is 15.0. The minimum absolute atomic E-state index is 0.0235. The summed E-state index contributed by atoms with van der Waals surface area (Å²) < 4.78 is 46.0. The van der Waals surface area contributed by atoms with Gasteiger partial charge in [0.15, 0.2) is 5.11 Å². The molecule has 32 heavy (non-hydrogen) atoms. The van der Waals surface area contributed by atoms with E-state index in [9.17, 15) is 23.1 Å². The van der Waals surface area contributed by atoms with E-state index in [1.807, 2.05) is 0 Å². The van der Waals surface area contributed by atoms with Crippen LogP contribution in [0.2, 0.25) is 0 Å². The standard InChI is InChI=1S/C22H18F3N3O3S/c1-21(2)19(30)27(14-4-3-12(10-26)17(9-14)22(23,24)25)20(32)28(21)15-5-6-18-13(7-15)8-16(11-29)31-18/h3-7,9,16,29H,8,11H2,1-2H3. The minimum atomic E-state index is -4.76. The first-order valence-electron chi connectivity index (χ1n) is 9.69. The number of hydrogen-bond acceptors (Lipinski definition) is 5. The number of ether oxygens (including phenoxy) is 1. The van der Waals surface area contributed by atoms with E-state index in [0.29, 0.717) is 17.9 Å². The Morgan fingerprint density at radius 1 is 1.25 bits per heavy atom. The molecule has 0 radical (unpaired) electrons. The zero-order chi connectivity index (χ0) is 23.4. The number of aliphatic hydroxyl groups is 1. The molecule has 1 unspecified atom stereocenters. The maximum atomic E-state index is 13.5. The molecule has 0 spiro atoms. The van der Waals surface area contributed by atoms with Crippen molar-refractivity contribution in [2.75, 3.05) is 16.4 Å². The van der Waals surface area contributed by atoms with Crippen LogP contribution in [0.25, 0.3) is 0 Å². The maximum absolute atomic E-state index is 13.5. The van der Waals surface area contributed by atoms with Crippen LogP contribution in [0.4, 0.5) is 24.5 Å². The Balaban J connectivity index is 1.76. The molecule has 2 aromatic carbocycles. The van der Waals surface area contributed by atoms with Gasteiger partial charge in [-0.1, -0.05) is 0 Å². The monoisotopic (exact) mass is 461 g/mol. The SMILES string of the molecule is CC1(C)C(=O)N(c2ccc(C#N)c(C(F)(F)F)c2)C(=S)N1c1ccc2c(c1)CC(CO)O2. The Hall–Kier alpha value is -3.16. The molecule has 1 N–H and O–H groups in total. The van der Waals surface area contributed by atoms with Gasteiger partial charge in [-0.05, 0) is 68.0 Å². The molecule has 0 bridgehead atoms. The molecule has 4 rings (SSSR count). The van der Waals surface area contributed by atoms with Gasteiger partial charge in [-0.15, -0.1) is 0 Å². The molecule has 1 amide bonds. The number of anilines is 2. The van der Waals surface area contributed by atoms with Crippen molar-refractivity contribution >= 4 is 34.6 Å². The summed E-state index contributed by atoms with van der Waals surface area (Å²) in [5, 5.41) is 18.4. The molecule has 1 atom stereocenters. The van der Waals surface area contributed by atoms with Crippen molar-refractivity contribution in [2.24, 2.45) is 0 Å². The summed E-state index contributed by atoms with van der Waals surface area (Å²) in [7, 11) is 0. The number of aliphatic hydroxyl groups excluding tert-OH is 1. The second kappa shape index (κ2) is 7.46. The van der Waals surface area contributed by atoms with Crippen LogP contribution < -0.4 is 14.5 Å². The molecule has 1 fully saturated rings. The molecule has 166 valence electrons. The number of rotatable bonds is 3. The molecule has 0 saturated carbocycles. The van der Waals surface area contributed by atoms with Gasteiger partial charge in [-0.2, -0.15) is 18.4 Å². The van der Waals surface area contributed by atoms with Crippen LogP contribution in [0.5, 0.6) is 5.75 Å². The quantitative estimate of drug-likeness (QED) is 0.701. The van der Waals surface area contributed by atoms with Crippen LogP contribution >= 0.6 is 12.2 Å². The molecular weight excluding hydrogens is 443 g/mol. The third kappa shape index (κ3) is 3.38. The van der Waals surface area contributed by atoms with Crippen LogP contribution in [0, 0.1) is 11.3 Å². The van der Waals surface area contributed by atoms with Gasteiger partial charge in [-0.3, -0.25) is 9.69 Å². The third-order valence-electron chi connectivity index (χ3n) is 5.60. The topological polar surface area (TPSA) is 76.8 Å². The second-order valence-electron chi connectivity index (χ2n) is 8.08. The summed E-state index contributed by atoms with van der Waals surface area (Å²) in [4.78, 5) is 15.9. The lowest BCUT2D eigenvalue weighted by atomic mass is 10.0. The Bertz CT molecular complexity index is 1170. The molecule has 2 aliphatic heterocycles. The summed E-state index contributed by atoms with van der Waals surface area (Å²) in [6.45, 7) is 3.14. The van der Waals surface area contributed by atoms with Gasteiger partial charge in [0.25, 0.3) is 5.91 Å². The highest BCUT2D eigenvalue weighted by Gasteiger charge is 2.51. The Morgan fingerprint density at radius 3 is 2.56 bits per heavy atom. The number of fused-ring (bicyclic) bond motifs is 1. The highest BCUT2D eigenvalue weighted by molar-refractivity contribution is 7.81. The largest absolute Gasteiger partial charge is 0.487 e. The number of hydrogen-bond donors (Lipinski definition) is 1. The number of halogens is 3. The van der Waals surface area contributed by atoms with Crippen molar-refractivity contribution in [3.8, 4) is 11.8 Å². The average molecular weight is 461 g/mol. The highest BCUT2D eigenvalue weighted by Crippen LogP contribution is 2.41. The summed E-state index contributed by atoms with van der Waals surface area (Å²) in [5.41, 5.74) is -1.48.